The van der Waals surface area contributed by atoms with Gasteiger partial charge in [-0.2, -0.15) is 11.8 Å². The lowest BCUT2D eigenvalue weighted by atomic mass is 9.77. The molecule has 0 radical (unpaired) electrons. The maximum absolute atomic E-state index is 11.3. The van der Waals surface area contributed by atoms with Gasteiger partial charge < -0.3 is 5.73 Å². The molecular formula is C12H22N2OS. The van der Waals surface area contributed by atoms with Gasteiger partial charge in [0.05, 0.1) is 0 Å². The van der Waals surface area contributed by atoms with Gasteiger partial charge in [-0.25, -0.2) is 0 Å². The second-order valence-corrected chi connectivity index (χ2v) is 6.25. The SMILES string of the molecule is NC(=O)CC1(N2CCSCC2)CCCCC1. The summed E-state index contributed by atoms with van der Waals surface area (Å²) in [7, 11) is 0. The quantitative estimate of drug-likeness (QED) is 0.818. The molecule has 1 aliphatic carbocycles. The summed E-state index contributed by atoms with van der Waals surface area (Å²) in [6, 6.07) is 0. The number of carbonyl (C=O) groups is 1. The smallest absolute Gasteiger partial charge is 0.219 e. The summed E-state index contributed by atoms with van der Waals surface area (Å²) >= 11 is 2.02. The molecule has 3 nitrogen and oxygen atoms in total. The van der Waals surface area contributed by atoms with Crippen molar-refractivity contribution in [2.75, 3.05) is 24.6 Å². The van der Waals surface area contributed by atoms with Gasteiger partial charge in [-0.15, -0.1) is 0 Å². The van der Waals surface area contributed by atoms with E-state index in [9.17, 15) is 4.79 Å². The Bertz CT molecular complexity index is 245. The predicted octanol–water partition coefficient (Wildman–Crippen LogP) is 1.61. The van der Waals surface area contributed by atoms with E-state index >= 15 is 0 Å². The van der Waals surface area contributed by atoms with Crippen molar-refractivity contribution in [2.45, 2.75) is 44.1 Å². The van der Waals surface area contributed by atoms with Crippen LogP contribution in [0.3, 0.4) is 0 Å². The van der Waals surface area contributed by atoms with Gasteiger partial charge in [-0.05, 0) is 12.8 Å². The highest BCUT2D eigenvalue weighted by Crippen LogP contribution is 2.37. The van der Waals surface area contributed by atoms with E-state index in [-0.39, 0.29) is 11.4 Å². The van der Waals surface area contributed by atoms with Gasteiger partial charge in [0.2, 0.25) is 5.91 Å². The van der Waals surface area contributed by atoms with Crippen molar-refractivity contribution in [2.24, 2.45) is 5.73 Å². The summed E-state index contributed by atoms with van der Waals surface area (Å²) in [6.07, 6.45) is 6.75. The Labute approximate surface area is 102 Å². The zero-order chi connectivity index (χ0) is 11.4. The molecule has 0 unspecified atom stereocenters. The summed E-state index contributed by atoms with van der Waals surface area (Å²) < 4.78 is 0. The van der Waals surface area contributed by atoms with Gasteiger partial charge in [0, 0.05) is 36.6 Å². The number of hydrogen-bond donors (Lipinski definition) is 1. The van der Waals surface area contributed by atoms with Crippen molar-refractivity contribution in [3.8, 4) is 0 Å². The molecule has 2 aliphatic rings. The Morgan fingerprint density at radius 3 is 2.38 bits per heavy atom. The summed E-state index contributed by atoms with van der Waals surface area (Å²) in [5.41, 5.74) is 5.56. The molecule has 2 fully saturated rings. The van der Waals surface area contributed by atoms with Gasteiger partial charge in [0.25, 0.3) is 0 Å². The van der Waals surface area contributed by atoms with Crippen molar-refractivity contribution in [3.05, 3.63) is 0 Å². The molecule has 1 aliphatic heterocycles. The van der Waals surface area contributed by atoms with E-state index in [1.807, 2.05) is 11.8 Å². The highest BCUT2D eigenvalue weighted by atomic mass is 32.2. The van der Waals surface area contributed by atoms with E-state index in [2.05, 4.69) is 4.90 Å². The van der Waals surface area contributed by atoms with E-state index in [1.54, 1.807) is 0 Å². The molecular weight excluding hydrogens is 220 g/mol. The van der Waals surface area contributed by atoms with Crippen LogP contribution in [0.15, 0.2) is 0 Å². The highest BCUT2D eigenvalue weighted by Gasteiger charge is 2.39. The van der Waals surface area contributed by atoms with Crippen LogP contribution >= 0.6 is 11.8 Å². The third-order valence-corrected chi connectivity index (χ3v) is 4.91. The van der Waals surface area contributed by atoms with Crippen molar-refractivity contribution < 1.29 is 4.79 Å². The first-order chi connectivity index (χ1) is 7.73. The molecule has 0 aromatic carbocycles. The molecule has 4 heteroatoms. The largest absolute Gasteiger partial charge is 0.370 e. The van der Waals surface area contributed by atoms with Gasteiger partial charge >= 0.3 is 0 Å². The monoisotopic (exact) mass is 242 g/mol. The number of amides is 1. The molecule has 1 heterocycles. The average molecular weight is 242 g/mol. The molecule has 0 aromatic heterocycles. The topological polar surface area (TPSA) is 46.3 Å². The Morgan fingerprint density at radius 1 is 1.19 bits per heavy atom. The minimum atomic E-state index is -0.125. The molecule has 0 bridgehead atoms. The van der Waals surface area contributed by atoms with Crippen LogP contribution in [-0.2, 0) is 4.79 Å². The lowest BCUT2D eigenvalue weighted by Crippen LogP contribution is -2.54. The normalized spacial score (nSPS) is 26.5. The molecule has 1 amide bonds. The van der Waals surface area contributed by atoms with E-state index < -0.39 is 0 Å². The molecule has 16 heavy (non-hydrogen) atoms. The zero-order valence-corrected chi connectivity index (χ0v) is 10.7. The second-order valence-electron chi connectivity index (χ2n) is 5.03. The van der Waals surface area contributed by atoms with Crippen LogP contribution < -0.4 is 5.73 Å². The lowest BCUT2D eigenvalue weighted by molar-refractivity contribution is -0.121. The molecule has 2 rings (SSSR count). The Morgan fingerprint density at radius 2 is 1.81 bits per heavy atom. The average Bonchev–Trinajstić information content (AvgIpc) is 2.30. The van der Waals surface area contributed by atoms with Gasteiger partial charge in [-0.1, -0.05) is 19.3 Å². The highest BCUT2D eigenvalue weighted by molar-refractivity contribution is 7.99. The minimum Gasteiger partial charge on any atom is -0.370 e. The Kier molecular flexibility index (Phi) is 4.14. The maximum Gasteiger partial charge on any atom is 0.219 e. The number of primary amides is 1. The van der Waals surface area contributed by atoms with Crippen LogP contribution in [0.4, 0.5) is 0 Å². The summed E-state index contributed by atoms with van der Waals surface area (Å²) in [5.74, 6) is 2.29. The number of rotatable bonds is 3. The van der Waals surface area contributed by atoms with Crippen molar-refractivity contribution in [1.82, 2.24) is 4.90 Å². The van der Waals surface area contributed by atoms with Crippen molar-refractivity contribution >= 4 is 17.7 Å². The molecule has 92 valence electrons. The van der Waals surface area contributed by atoms with Crippen LogP contribution in [-0.4, -0.2) is 40.9 Å². The molecule has 2 N–H and O–H groups in total. The van der Waals surface area contributed by atoms with Gasteiger partial charge in [0.1, 0.15) is 0 Å². The van der Waals surface area contributed by atoms with E-state index in [4.69, 9.17) is 5.73 Å². The van der Waals surface area contributed by atoms with Crippen LogP contribution in [0.2, 0.25) is 0 Å². The predicted molar refractivity (Wildman–Crippen MR) is 68.5 cm³/mol. The van der Waals surface area contributed by atoms with Crippen LogP contribution in [0, 0.1) is 0 Å². The molecule has 0 spiro atoms. The van der Waals surface area contributed by atoms with Gasteiger partial charge in [0.15, 0.2) is 0 Å². The summed E-state index contributed by atoms with van der Waals surface area (Å²) in [5, 5.41) is 0. The van der Waals surface area contributed by atoms with E-state index in [1.165, 1.54) is 43.6 Å². The van der Waals surface area contributed by atoms with Crippen LogP contribution in [0.5, 0.6) is 0 Å². The lowest BCUT2D eigenvalue weighted by Gasteiger charge is -2.47. The fourth-order valence-corrected chi connectivity index (χ4v) is 4.08. The Balaban J connectivity index is 2.07. The van der Waals surface area contributed by atoms with E-state index in [0.29, 0.717) is 6.42 Å². The fourth-order valence-electron chi connectivity index (χ4n) is 3.18. The van der Waals surface area contributed by atoms with E-state index in [0.717, 1.165) is 13.1 Å². The maximum atomic E-state index is 11.3. The summed E-state index contributed by atoms with van der Waals surface area (Å²) in [6.45, 7) is 2.27. The second kappa shape index (κ2) is 5.41. The fraction of sp³-hybridized carbons (Fsp3) is 0.917. The van der Waals surface area contributed by atoms with Crippen LogP contribution in [0.25, 0.3) is 0 Å². The first-order valence-electron chi connectivity index (χ1n) is 6.34. The van der Waals surface area contributed by atoms with Gasteiger partial charge in [-0.3, -0.25) is 9.69 Å². The third kappa shape index (κ3) is 2.72. The number of hydrogen-bond acceptors (Lipinski definition) is 3. The molecule has 1 saturated carbocycles. The minimum absolute atomic E-state index is 0.116. The van der Waals surface area contributed by atoms with Crippen molar-refractivity contribution in [1.29, 1.82) is 0 Å². The first-order valence-corrected chi connectivity index (χ1v) is 7.50. The van der Waals surface area contributed by atoms with Crippen molar-refractivity contribution in [3.63, 3.8) is 0 Å². The van der Waals surface area contributed by atoms with Crippen LogP contribution in [0.1, 0.15) is 38.5 Å². The molecule has 1 saturated heterocycles. The standard InChI is InChI=1S/C12H22N2OS/c13-11(15)10-12(4-2-1-3-5-12)14-6-8-16-9-7-14/h1-10H2,(H2,13,15). The number of nitrogens with zero attached hydrogens (tertiary/aromatic N) is 1. The molecule has 0 aromatic rings. The number of carbonyl (C=O) groups excluding carboxylic acids is 1. The molecule has 0 atom stereocenters. The third-order valence-electron chi connectivity index (χ3n) is 3.97. The summed E-state index contributed by atoms with van der Waals surface area (Å²) in [4.78, 5) is 13.9. The number of nitrogens with two attached hydrogens (primary N) is 1. The Hall–Kier alpha value is -0.220. The number of thioether (sulfide) groups is 1. The zero-order valence-electron chi connectivity index (χ0n) is 9.91. The first kappa shape index (κ1) is 12.2.